The number of carbonyl (C=O) groups excluding carboxylic acids is 2. The molecule has 7 nitrogen and oxygen atoms in total. The molecule has 2 N–H and O–H groups in total. The largest absolute Gasteiger partial charge is 0.481 e. The van der Waals surface area contributed by atoms with Crippen molar-refractivity contribution in [3.8, 4) is 0 Å². The number of furan rings is 1. The highest BCUT2D eigenvalue weighted by Gasteiger charge is 2.37. The Morgan fingerprint density at radius 1 is 1.42 bits per heavy atom. The van der Waals surface area contributed by atoms with Gasteiger partial charge in [0.2, 0.25) is 5.91 Å². The molecule has 130 valence electrons. The summed E-state index contributed by atoms with van der Waals surface area (Å²) in [5.41, 5.74) is 0.852. The molecule has 1 saturated heterocycles. The minimum atomic E-state index is -1.06. The fraction of sp³-hybridized carbons (Fsp3) is 0.562. The molecule has 2 aliphatic rings. The van der Waals surface area contributed by atoms with Crippen molar-refractivity contribution in [3.63, 3.8) is 0 Å². The van der Waals surface area contributed by atoms with Crippen LogP contribution >= 0.6 is 11.8 Å². The summed E-state index contributed by atoms with van der Waals surface area (Å²) < 4.78 is 5.23. The Kier molecular flexibility index (Phi) is 4.84. The number of hydrogen-bond acceptors (Lipinski definition) is 5. The number of thioether (sulfide) groups is 1. The molecule has 0 aromatic carbocycles. The van der Waals surface area contributed by atoms with E-state index >= 15 is 0 Å². The summed E-state index contributed by atoms with van der Waals surface area (Å²) in [4.78, 5) is 37.7. The van der Waals surface area contributed by atoms with Crippen LogP contribution in [-0.4, -0.2) is 52.0 Å². The zero-order valence-electron chi connectivity index (χ0n) is 13.4. The van der Waals surface area contributed by atoms with Gasteiger partial charge in [-0.25, -0.2) is 0 Å². The maximum atomic E-state index is 12.9. The van der Waals surface area contributed by atoms with Gasteiger partial charge in [-0.3, -0.25) is 14.4 Å². The third-order valence-electron chi connectivity index (χ3n) is 4.28. The molecule has 1 atom stereocenters. The first-order valence-corrected chi connectivity index (χ1v) is 9.08. The molecular weight excluding hydrogens is 332 g/mol. The zero-order valence-corrected chi connectivity index (χ0v) is 14.2. The summed E-state index contributed by atoms with van der Waals surface area (Å²) in [5.74, 6) is 0.137. The molecule has 0 bridgehead atoms. The van der Waals surface area contributed by atoms with Gasteiger partial charge in [0, 0.05) is 17.9 Å². The molecule has 1 aromatic heterocycles. The second-order valence-corrected chi connectivity index (χ2v) is 7.27. The van der Waals surface area contributed by atoms with E-state index in [1.165, 1.54) is 22.9 Å². The van der Waals surface area contributed by atoms with Gasteiger partial charge in [-0.15, -0.1) is 11.8 Å². The van der Waals surface area contributed by atoms with Crippen LogP contribution in [0.4, 0.5) is 0 Å². The van der Waals surface area contributed by atoms with Crippen molar-refractivity contribution in [3.05, 3.63) is 23.2 Å². The van der Waals surface area contributed by atoms with Gasteiger partial charge in [-0.05, 0) is 25.7 Å². The normalized spacial score (nSPS) is 20.2. The van der Waals surface area contributed by atoms with Crippen LogP contribution in [0.1, 0.15) is 34.5 Å². The first-order valence-electron chi connectivity index (χ1n) is 7.92. The number of carboxylic acid groups (broad SMARTS) is 1. The number of aliphatic carboxylic acids is 1. The predicted molar refractivity (Wildman–Crippen MR) is 87.8 cm³/mol. The highest BCUT2D eigenvalue weighted by molar-refractivity contribution is 7.99. The standard InChI is InChI=1S/C16H20N2O5S/c1-9-6-23-12(4-13(19)20)14(9)16(22)18-8-24-7-11(18)15(21)17-5-10-2-3-10/h6,10-11H,2-5,7-8H2,1H3,(H,17,21)(H,19,20). The third-order valence-corrected chi connectivity index (χ3v) is 5.30. The number of carbonyl (C=O) groups is 3. The molecular formula is C16H20N2O5S. The van der Waals surface area contributed by atoms with Gasteiger partial charge in [0.25, 0.3) is 5.91 Å². The van der Waals surface area contributed by atoms with E-state index in [-0.39, 0.29) is 29.6 Å². The SMILES string of the molecule is Cc1coc(CC(=O)O)c1C(=O)N1CSCC1C(=O)NCC1CC1. The Balaban J connectivity index is 1.74. The molecule has 2 amide bonds. The van der Waals surface area contributed by atoms with Crippen LogP contribution in [-0.2, 0) is 16.0 Å². The van der Waals surface area contributed by atoms with Gasteiger partial charge in [0.15, 0.2) is 0 Å². The second kappa shape index (κ2) is 6.88. The third kappa shape index (κ3) is 3.58. The molecule has 1 aliphatic carbocycles. The van der Waals surface area contributed by atoms with E-state index in [4.69, 9.17) is 9.52 Å². The number of nitrogens with zero attached hydrogens (tertiary/aromatic N) is 1. The van der Waals surface area contributed by atoms with E-state index in [9.17, 15) is 14.4 Å². The minimum Gasteiger partial charge on any atom is -0.481 e. The van der Waals surface area contributed by atoms with Crippen LogP contribution in [0.2, 0.25) is 0 Å². The maximum absolute atomic E-state index is 12.9. The molecule has 0 radical (unpaired) electrons. The van der Waals surface area contributed by atoms with Crippen molar-refractivity contribution in [2.45, 2.75) is 32.2 Å². The summed E-state index contributed by atoms with van der Waals surface area (Å²) in [6.45, 7) is 2.37. The molecule has 3 rings (SSSR count). The number of carboxylic acids is 1. The van der Waals surface area contributed by atoms with Crippen LogP contribution in [0.15, 0.2) is 10.7 Å². The lowest BCUT2D eigenvalue weighted by atomic mass is 10.1. The lowest BCUT2D eigenvalue weighted by Crippen LogP contribution is -2.47. The van der Waals surface area contributed by atoms with Crippen molar-refractivity contribution in [2.75, 3.05) is 18.2 Å². The number of hydrogen-bond donors (Lipinski definition) is 2. The molecule has 2 fully saturated rings. The number of aryl methyl sites for hydroxylation is 1. The van der Waals surface area contributed by atoms with Crippen molar-refractivity contribution in [1.29, 1.82) is 0 Å². The smallest absolute Gasteiger partial charge is 0.311 e. The molecule has 0 spiro atoms. The average Bonchev–Trinajstić information content (AvgIpc) is 3.10. The number of nitrogens with one attached hydrogen (secondary N) is 1. The second-order valence-electron chi connectivity index (χ2n) is 6.27. The zero-order chi connectivity index (χ0) is 17.3. The quantitative estimate of drug-likeness (QED) is 0.799. The van der Waals surface area contributed by atoms with E-state index in [2.05, 4.69) is 5.32 Å². The fourth-order valence-electron chi connectivity index (χ4n) is 2.74. The van der Waals surface area contributed by atoms with Gasteiger partial charge >= 0.3 is 5.97 Å². The van der Waals surface area contributed by atoms with E-state index in [0.717, 1.165) is 12.8 Å². The summed E-state index contributed by atoms with van der Waals surface area (Å²) in [7, 11) is 0. The molecule has 1 aromatic rings. The van der Waals surface area contributed by atoms with Crippen molar-refractivity contribution < 1.29 is 23.9 Å². The molecule has 1 saturated carbocycles. The summed E-state index contributed by atoms with van der Waals surface area (Å²) >= 11 is 1.52. The van der Waals surface area contributed by atoms with Crippen LogP contribution in [0.3, 0.4) is 0 Å². The van der Waals surface area contributed by atoms with Crippen molar-refractivity contribution >= 4 is 29.5 Å². The van der Waals surface area contributed by atoms with Crippen LogP contribution in [0, 0.1) is 12.8 Å². The highest BCUT2D eigenvalue weighted by atomic mass is 32.2. The van der Waals surface area contributed by atoms with Gasteiger partial charge < -0.3 is 19.7 Å². The van der Waals surface area contributed by atoms with E-state index < -0.39 is 12.0 Å². The Morgan fingerprint density at radius 2 is 2.17 bits per heavy atom. The van der Waals surface area contributed by atoms with Crippen LogP contribution in [0.5, 0.6) is 0 Å². The van der Waals surface area contributed by atoms with Gasteiger partial charge in [-0.1, -0.05) is 0 Å². The minimum absolute atomic E-state index is 0.138. The lowest BCUT2D eigenvalue weighted by molar-refractivity contribution is -0.136. The first-order chi connectivity index (χ1) is 11.5. The molecule has 8 heteroatoms. The summed E-state index contributed by atoms with van der Waals surface area (Å²) in [6, 6.07) is -0.520. The molecule has 1 unspecified atom stereocenters. The predicted octanol–water partition coefficient (Wildman–Crippen LogP) is 1.26. The highest BCUT2D eigenvalue weighted by Crippen LogP contribution is 2.29. The average molecular weight is 352 g/mol. The Morgan fingerprint density at radius 3 is 2.83 bits per heavy atom. The molecule has 1 aliphatic heterocycles. The monoisotopic (exact) mass is 352 g/mol. The summed E-state index contributed by atoms with van der Waals surface area (Å²) in [5, 5.41) is 11.9. The summed E-state index contributed by atoms with van der Waals surface area (Å²) in [6.07, 6.45) is 3.33. The van der Waals surface area contributed by atoms with Crippen molar-refractivity contribution in [1.82, 2.24) is 10.2 Å². The fourth-order valence-corrected chi connectivity index (χ4v) is 3.89. The van der Waals surface area contributed by atoms with E-state index in [1.54, 1.807) is 6.92 Å². The van der Waals surface area contributed by atoms with Crippen molar-refractivity contribution in [2.24, 2.45) is 5.92 Å². The molecule has 2 heterocycles. The number of amides is 2. The van der Waals surface area contributed by atoms with Crippen LogP contribution < -0.4 is 5.32 Å². The van der Waals surface area contributed by atoms with E-state index in [0.29, 0.717) is 29.7 Å². The van der Waals surface area contributed by atoms with Gasteiger partial charge in [0.05, 0.1) is 17.7 Å². The topological polar surface area (TPSA) is 99.8 Å². The number of rotatable bonds is 6. The lowest BCUT2D eigenvalue weighted by Gasteiger charge is -2.23. The molecule has 24 heavy (non-hydrogen) atoms. The van der Waals surface area contributed by atoms with Gasteiger partial charge in [0.1, 0.15) is 18.2 Å². The first kappa shape index (κ1) is 16.9. The Bertz CT molecular complexity index is 667. The van der Waals surface area contributed by atoms with E-state index in [1.807, 2.05) is 0 Å². The Labute approximate surface area is 143 Å². The maximum Gasteiger partial charge on any atom is 0.311 e. The Hall–Kier alpha value is -1.96. The van der Waals surface area contributed by atoms with Gasteiger partial charge in [-0.2, -0.15) is 0 Å². The van der Waals surface area contributed by atoms with Crippen LogP contribution in [0.25, 0.3) is 0 Å².